The highest BCUT2D eigenvalue weighted by Gasteiger charge is 2.37. The number of hydrogen-bond acceptors (Lipinski definition) is 2. The maximum absolute atomic E-state index is 12.4. The molecule has 21 heavy (non-hydrogen) atoms. The zero-order valence-electron chi connectivity index (χ0n) is 13.2. The molecule has 1 saturated heterocycles. The molecule has 3 fully saturated rings. The van der Waals surface area contributed by atoms with Gasteiger partial charge in [-0.2, -0.15) is 0 Å². The van der Waals surface area contributed by atoms with Crippen molar-refractivity contribution >= 4 is 18.3 Å². The number of nitrogens with two attached hydrogens (primary N) is 1. The summed E-state index contributed by atoms with van der Waals surface area (Å²) in [7, 11) is 0. The van der Waals surface area contributed by atoms with E-state index in [4.69, 9.17) is 5.73 Å². The summed E-state index contributed by atoms with van der Waals surface area (Å²) < 4.78 is 0. The molecule has 0 aromatic rings. The van der Waals surface area contributed by atoms with Gasteiger partial charge in [-0.15, -0.1) is 12.4 Å². The van der Waals surface area contributed by atoms with Gasteiger partial charge in [0.25, 0.3) is 0 Å². The monoisotopic (exact) mass is 314 g/mol. The van der Waals surface area contributed by atoms with E-state index in [1.807, 2.05) is 0 Å². The zero-order valence-corrected chi connectivity index (χ0v) is 14.0. The number of piperidine rings is 1. The molecule has 1 heterocycles. The summed E-state index contributed by atoms with van der Waals surface area (Å²) >= 11 is 0. The van der Waals surface area contributed by atoms with Crippen LogP contribution >= 0.6 is 12.4 Å². The molecular formula is C17H31ClN2O. The first-order valence-electron chi connectivity index (χ1n) is 8.72. The molecule has 1 spiro atoms. The topological polar surface area (TPSA) is 46.3 Å². The van der Waals surface area contributed by atoms with Crippen LogP contribution in [0.5, 0.6) is 0 Å². The Morgan fingerprint density at radius 3 is 2.24 bits per heavy atom. The van der Waals surface area contributed by atoms with Crippen LogP contribution in [0, 0.1) is 11.3 Å². The van der Waals surface area contributed by atoms with E-state index in [1.54, 1.807) is 0 Å². The van der Waals surface area contributed by atoms with Gasteiger partial charge in [0.15, 0.2) is 0 Å². The Morgan fingerprint density at radius 2 is 1.67 bits per heavy atom. The van der Waals surface area contributed by atoms with Crippen molar-refractivity contribution in [2.24, 2.45) is 17.1 Å². The molecule has 2 saturated carbocycles. The maximum Gasteiger partial charge on any atom is 0.222 e. The van der Waals surface area contributed by atoms with E-state index in [0.29, 0.717) is 23.7 Å². The number of amides is 1. The van der Waals surface area contributed by atoms with Crippen LogP contribution in [0.15, 0.2) is 0 Å². The van der Waals surface area contributed by atoms with Gasteiger partial charge in [-0.05, 0) is 49.9 Å². The van der Waals surface area contributed by atoms with Gasteiger partial charge in [0, 0.05) is 25.6 Å². The van der Waals surface area contributed by atoms with Crippen LogP contribution in [0.1, 0.15) is 70.6 Å². The van der Waals surface area contributed by atoms with Crippen molar-refractivity contribution in [1.82, 2.24) is 4.90 Å². The van der Waals surface area contributed by atoms with Crippen LogP contribution in [-0.4, -0.2) is 29.9 Å². The Bertz CT molecular complexity index is 345. The highest BCUT2D eigenvalue weighted by molar-refractivity contribution is 5.85. The Kier molecular flexibility index (Phi) is 5.96. The fraction of sp³-hybridized carbons (Fsp3) is 0.941. The average molecular weight is 315 g/mol. The van der Waals surface area contributed by atoms with E-state index in [0.717, 1.165) is 25.9 Å². The lowest BCUT2D eigenvalue weighted by Gasteiger charge is -2.44. The van der Waals surface area contributed by atoms with Crippen molar-refractivity contribution in [2.75, 3.05) is 13.1 Å². The van der Waals surface area contributed by atoms with Crippen LogP contribution < -0.4 is 5.73 Å². The molecule has 3 rings (SSSR count). The molecule has 3 nitrogen and oxygen atoms in total. The van der Waals surface area contributed by atoms with E-state index in [1.165, 1.54) is 51.4 Å². The molecule has 0 bridgehead atoms. The molecule has 2 N–H and O–H groups in total. The molecule has 0 aromatic heterocycles. The SMILES string of the molecule is Cl.N[C@@H]1CCC[C@H]1CC(=O)N1CCC2(CCCCC2)CC1. The van der Waals surface area contributed by atoms with E-state index < -0.39 is 0 Å². The van der Waals surface area contributed by atoms with Gasteiger partial charge in [0.2, 0.25) is 5.91 Å². The summed E-state index contributed by atoms with van der Waals surface area (Å²) in [6.07, 6.45) is 13.7. The smallest absolute Gasteiger partial charge is 0.222 e. The molecule has 122 valence electrons. The van der Waals surface area contributed by atoms with Crippen molar-refractivity contribution in [2.45, 2.75) is 76.7 Å². The summed E-state index contributed by atoms with van der Waals surface area (Å²) in [6, 6.07) is 0.272. The fourth-order valence-corrected chi connectivity index (χ4v) is 4.70. The Balaban J connectivity index is 0.00000161. The molecule has 1 amide bonds. The molecule has 2 atom stereocenters. The van der Waals surface area contributed by atoms with Crippen LogP contribution in [0.4, 0.5) is 0 Å². The summed E-state index contributed by atoms with van der Waals surface area (Å²) in [6.45, 7) is 2.00. The molecule has 4 heteroatoms. The molecule has 3 aliphatic rings. The van der Waals surface area contributed by atoms with Crippen molar-refractivity contribution in [3.63, 3.8) is 0 Å². The predicted molar refractivity (Wildman–Crippen MR) is 88.5 cm³/mol. The lowest BCUT2D eigenvalue weighted by Crippen LogP contribution is -2.44. The lowest BCUT2D eigenvalue weighted by molar-refractivity contribution is -0.135. The molecule has 0 unspecified atom stereocenters. The number of likely N-dealkylation sites (tertiary alicyclic amines) is 1. The van der Waals surface area contributed by atoms with Crippen molar-refractivity contribution < 1.29 is 4.79 Å². The van der Waals surface area contributed by atoms with E-state index in [-0.39, 0.29) is 18.4 Å². The van der Waals surface area contributed by atoms with Crippen molar-refractivity contribution in [3.05, 3.63) is 0 Å². The third-order valence-electron chi connectivity index (χ3n) is 6.25. The predicted octanol–water partition coefficient (Wildman–Crippen LogP) is 3.50. The summed E-state index contributed by atoms with van der Waals surface area (Å²) in [5, 5.41) is 0. The van der Waals surface area contributed by atoms with Crippen LogP contribution in [0.3, 0.4) is 0 Å². The number of halogens is 1. The Morgan fingerprint density at radius 1 is 1.00 bits per heavy atom. The first-order valence-corrected chi connectivity index (χ1v) is 8.72. The van der Waals surface area contributed by atoms with Gasteiger partial charge in [0.1, 0.15) is 0 Å². The number of carbonyl (C=O) groups excluding carboxylic acids is 1. The normalized spacial score (nSPS) is 32.0. The molecule has 0 radical (unpaired) electrons. The van der Waals surface area contributed by atoms with Gasteiger partial charge in [-0.25, -0.2) is 0 Å². The van der Waals surface area contributed by atoms with Gasteiger partial charge >= 0.3 is 0 Å². The van der Waals surface area contributed by atoms with E-state index in [9.17, 15) is 4.79 Å². The molecule has 1 aliphatic heterocycles. The zero-order chi connectivity index (χ0) is 14.0. The number of carbonyl (C=O) groups is 1. The fourth-order valence-electron chi connectivity index (χ4n) is 4.70. The Labute approximate surface area is 135 Å². The van der Waals surface area contributed by atoms with Crippen LogP contribution in [0.2, 0.25) is 0 Å². The van der Waals surface area contributed by atoms with Gasteiger partial charge in [-0.3, -0.25) is 4.79 Å². The first-order chi connectivity index (χ1) is 9.69. The minimum atomic E-state index is 0. The highest BCUT2D eigenvalue weighted by Crippen LogP contribution is 2.44. The third kappa shape index (κ3) is 3.92. The second-order valence-corrected chi connectivity index (χ2v) is 7.50. The number of hydrogen-bond donors (Lipinski definition) is 1. The van der Waals surface area contributed by atoms with Crippen molar-refractivity contribution in [1.29, 1.82) is 0 Å². The van der Waals surface area contributed by atoms with Gasteiger partial charge in [0.05, 0.1) is 0 Å². The van der Waals surface area contributed by atoms with Crippen molar-refractivity contribution in [3.8, 4) is 0 Å². The molecule has 0 aromatic carbocycles. The Hall–Kier alpha value is -0.280. The third-order valence-corrected chi connectivity index (χ3v) is 6.25. The van der Waals surface area contributed by atoms with E-state index >= 15 is 0 Å². The van der Waals surface area contributed by atoms with Crippen LogP contribution in [-0.2, 0) is 4.79 Å². The van der Waals surface area contributed by atoms with Gasteiger partial charge in [-0.1, -0.05) is 25.7 Å². The summed E-state index contributed by atoms with van der Waals surface area (Å²) in [5.41, 5.74) is 6.69. The number of nitrogens with zero attached hydrogens (tertiary/aromatic N) is 1. The highest BCUT2D eigenvalue weighted by atomic mass is 35.5. The second kappa shape index (κ2) is 7.32. The summed E-state index contributed by atoms with van der Waals surface area (Å²) in [5.74, 6) is 0.825. The largest absolute Gasteiger partial charge is 0.343 e. The first kappa shape index (κ1) is 17.1. The minimum Gasteiger partial charge on any atom is -0.343 e. The summed E-state index contributed by atoms with van der Waals surface area (Å²) in [4.78, 5) is 14.6. The quantitative estimate of drug-likeness (QED) is 0.848. The second-order valence-electron chi connectivity index (χ2n) is 7.50. The van der Waals surface area contributed by atoms with Gasteiger partial charge < -0.3 is 10.6 Å². The maximum atomic E-state index is 12.4. The average Bonchev–Trinajstić information content (AvgIpc) is 2.86. The van der Waals surface area contributed by atoms with E-state index in [2.05, 4.69) is 4.90 Å². The molecule has 2 aliphatic carbocycles. The van der Waals surface area contributed by atoms with Crippen LogP contribution in [0.25, 0.3) is 0 Å². The minimum absolute atomic E-state index is 0. The molecular weight excluding hydrogens is 284 g/mol. The lowest BCUT2D eigenvalue weighted by atomic mass is 9.68. The standard InChI is InChI=1S/C17H30N2O.ClH/c18-15-6-4-5-14(15)13-16(20)19-11-9-17(10-12-19)7-2-1-3-8-17;/h14-15H,1-13,18H2;1H/t14-,15+;/m0./s1. The number of rotatable bonds is 2.